The van der Waals surface area contributed by atoms with E-state index in [9.17, 15) is 14.4 Å². The number of amides is 2. The molecule has 0 aromatic carbocycles. The summed E-state index contributed by atoms with van der Waals surface area (Å²) in [5, 5.41) is 3.52. The number of carbonyl (C=O) groups is 3. The molecule has 0 rings (SSSR count). The maximum atomic E-state index is 12.2. The minimum atomic E-state index is -0.965. The molecule has 8 nitrogen and oxygen atoms in total. The van der Waals surface area contributed by atoms with Crippen molar-refractivity contribution in [1.82, 2.24) is 10.4 Å². The van der Waals surface area contributed by atoms with Crippen molar-refractivity contribution in [3.63, 3.8) is 0 Å². The zero-order valence-corrected chi connectivity index (χ0v) is 15.7. The predicted octanol–water partition coefficient (Wildman–Crippen LogP) is 1.88. The maximum Gasteiger partial charge on any atom is 0.408 e. The number of nitrogens with zero attached hydrogens (tertiary/aromatic N) is 1. The van der Waals surface area contributed by atoms with Gasteiger partial charge >= 0.3 is 12.1 Å². The number of ether oxygens (including phenoxy) is 2. The number of hydrogen-bond donors (Lipinski definition) is 1. The molecule has 0 radical (unpaired) electrons. The first-order valence-corrected chi connectivity index (χ1v) is 7.93. The van der Waals surface area contributed by atoms with Crippen LogP contribution in [0, 0.1) is 5.92 Å². The number of alkyl carbamates (subject to hydrolysis) is 1. The average molecular weight is 346 g/mol. The van der Waals surface area contributed by atoms with Crippen LogP contribution in [0.15, 0.2) is 0 Å². The van der Waals surface area contributed by atoms with Crippen molar-refractivity contribution < 1.29 is 28.7 Å². The van der Waals surface area contributed by atoms with Crippen LogP contribution in [0.25, 0.3) is 0 Å². The lowest BCUT2D eigenvalue weighted by atomic mass is 10.1. The number of hydrogen-bond acceptors (Lipinski definition) is 6. The molecule has 8 heteroatoms. The Kier molecular flexibility index (Phi) is 9.35. The molecule has 0 aliphatic heterocycles. The van der Waals surface area contributed by atoms with Crippen LogP contribution in [0.5, 0.6) is 0 Å². The highest BCUT2D eigenvalue weighted by Crippen LogP contribution is 2.09. The standard InChI is InChI=1S/C16H30N2O6/c1-11(2)10-23-14(20)12(8-9-13(19)18(6)22-7)17-15(21)24-16(3,4)5/h11-12H,8-10H2,1-7H3,(H,17,21)/t12-/m0/s1. The zero-order chi connectivity index (χ0) is 18.9. The van der Waals surface area contributed by atoms with Crippen LogP contribution in [0.2, 0.25) is 0 Å². The first-order chi connectivity index (χ1) is 11.0. The Bertz CT molecular complexity index is 431. The fourth-order valence-electron chi connectivity index (χ4n) is 1.58. The molecule has 0 aliphatic rings. The molecule has 0 unspecified atom stereocenters. The lowest BCUT2D eigenvalue weighted by Gasteiger charge is -2.23. The number of carbonyl (C=O) groups excluding carboxylic acids is 3. The third-order valence-corrected chi connectivity index (χ3v) is 2.81. The van der Waals surface area contributed by atoms with Gasteiger partial charge in [-0.05, 0) is 33.1 Å². The summed E-state index contributed by atoms with van der Waals surface area (Å²) in [7, 11) is 2.83. The van der Waals surface area contributed by atoms with Crippen molar-refractivity contribution in [2.75, 3.05) is 20.8 Å². The van der Waals surface area contributed by atoms with Gasteiger partial charge in [-0.15, -0.1) is 0 Å². The molecule has 0 aromatic rings. The topological polar surface area (TPSA) is 94.2 Å². The monoisotopic (exact) mass is 346 g/mol. The smallest absolute Gasteiger partial charge is 0.408 e. The number of hydroxylamine groups is 2. The van der Waals surface area contributed by atoms with Crippen LogP contribution in [0.3, 0.4) is 0 Å². The zero-order valence-electron chi connectivity index (χ0n) is 15.7. The van der Waals surface area contributed by atoms with E-state index >= 15 is 0 Å². The second kappa shape index (κ2) is 10.1. The molecular weight excluding hydrogens is 316 g/mol. The quantitative estimate of drug-likeness (QED) is 0.533. The summed E-state index contributed by atoms with van der Waals surface area (Å²) in [6.07, 6.45) is -0.633. The third kappa shape index (κ3) is 10.0. The molecule has 1 N–H and O–H groups in total. The van der Waals surface area contributed by atoms with E-state index in [4.69, 9.17) is 14.3 Å². The summed E-state index contributed by atoms with van der Waals surface area (Å²) < 4.78 is 10.3. The molecule has 0 saturated carbocycles. The molecule has 0 heterocycles. The molecule has 0 saturated heterocycles. The van der Waals surface area contributed by atoms with Crippen LogP contribution >= 0.6 is 0 Å². The number of rotatable bonds is 8. The molecule has 24 heavy (non-hydrogen) atoms. The van der Waals surface area contributed by atoms with Gasteiger partial charge in [-0.1, -0.05) is 13.8 Å². The van der Waals surface area contributed by atoms with Gasteiger partial charge in [0.1, 0.15) is 11.6 Å². The fourth-order valence-corrected chi connectivity index (χ4v) is 1.58. The van der Waals surface area contributed by atoms with Gasteiger partial charge in [0, 0.05) is 13.5 Å². The van der Waals surface area contributed by atoms with Gasteiger partial charge in [0.05, 0.1) is 13.7 Å². The SMILES string of the molecule is CON(C)C(=O)CC[C@H](NC(=O)OC(C)(C)C)C(=O)OCC(C)C. The van der Waals surface area contributed by atoms with Gasteiger partial charge in [-0.25, -0.2) is 14.7 Å². The van der Waals surface area contributed by atoms with Crippen molar-refractivity contribution in [3.8, 4) is 0 Å². The van der Waals surface area contributed by atoms with E-state index in [1.54, 1.807) is 20.8 Å². The Balaban J connectivity index is 4.79. The summed E-state index contributed by atoms with van der Waals surface area (Å²) in [5.74, 6) is -0.745. The van der Waals surface area contributed by atoms with Crippen molar-refractivity contribution in [2.45, 2.75) is 59.1 Å². The van der Waals surface area contributed by atoms with E-state index < -0.39 is 23.7 Å². The van der Waals surface area contributed by atoms with Gasteiger partial charge in [0.15, 0.2) is 0 Å². The van der Waals surface area contributed by atoms with Crippen LogP contribution in [0.4, 0.5) is 4.79 Å². The number of esters is 1. The molecule has 0 fully saturated rings. The summed E-state index contributed by atoms with van der Waals surface area (Å²) in [4.78, 5) is 40.6. The van der Waals surface area contributed by atoms with E-state index in [0.717, 1.165) is 5.06 Å². The molecular formula is C16H30N2O6. The van der Waals surface area contributed by atoms with Crippen molar-refractivity contribution in [3.05, 3.63) is 0 Å². The third-order valence-electron chi connectivity index (χ3n) is 2.81. The second-order valence-electron chi connectivity index (χ2n) is 6.84. The lowest BCUT2D eigenvalue weighted by molar-refractivity contribution is -0.169. The highest BCUT2D eigenvalue weighted by atomic mass is 16.7. The Labute approximate surface area is 143 Å². The molecule has 0 aliphatic carbocycles. The van der Waals surface area contributed by atoms with Crippen molar-refractivity contribution in [2.24, 2.45) is 5.92 Å². The minimum absolute atomic E-state index is 0.0155. The Hall–Kier alpha value is -1.83. The highest BCUT2D eigenvalue weighted by molar-refractivity contribution is 5.82. The summed E-state index contributed by atoms with van der Waals surface area (Å²) >= 11 is 0. The van der Waals surface area contributed by atoms with Crippen molar-refractivity contribution >= 4 is 18.0 Å². The van der Waals surface area contributed by atoms with Gasteiger partial charge < -0.3 is 14.8 Å². The van der Waals surface area contributed by atoms with E-state index in [0.29, 0.717) is 0 Å². The molecule has 0 bridgehead atoms. The van der Waals surface area contributed by atoms with Crippen LogP contribution in [-0.2, 0) is 23.9 Å². The van der Waals surface area contributed by atoms with E-state index in [2.05, 4.69) is 5.32 Å². The molecule has 2 amide bonds. The van der Waals surface area contributed by atoms with Crippen LogP contribution < -0.4 is 5.32 Å². The molecule has 0 aromatic heterocycles. The second-order valence-corrected chi connectivity index (χ2v) is 6.84. The summed E-state index contributed by atoms with van der Waals surface area (Å²) in [6, 6.07) is -0.965. The van der Waals surface area contributed by atoms with E-state index in [-0.39, 0.29) is 31.3 Å². The maximum absolute atomic E-state index is 12.2. The molecule has 140 valence electrons. The Morgan fingerprint density at radius 3 is 2.21 bits per heavy atom. The summed E-state index contributed by atoms with van der Waals surface area (Å²) in [5.41, 5.74) is -0.692. The Morgan fingerprint density at radius 1 is 1.17 bits per heavy atom. The van der Waals surface area contributed by atoms with Gasteiger partial charge in [0.25, 0.3) is 0 Å². The van der Waals surface area contributed by atoms with E-state index in [1.807, 2.05) is 13.8 Å². The average Bonchev–Trinajstić information content (AvgIpc) is 2.45. The summed E-state index contributed by atoms with van der Waals surface area (Å²) in [6.45, 7) is 9.19. The molecule has 1 atom stereocenters. The lowest BCUT2D eigenvalue weighted by Crippen LogP contribution is -2.45. The number of nitrogens with one attached hydrogen (secondary N) is 1. The van der Waals surface area contributed by atoms with Gasteiger partial charge in [-0.2, -0.15) is 0 Å². The first-order valence-electron chi connectivity index (χ1n) is 7.93. The minimum Gasteiger partial charge on any atom is -0.464 e. The van der Waals surface area contributed by atoms with E-state index in [1.165, 1.54) is 14.2 Å². The van der Waals surface area contributed by atoms with Crippen molar-refractivity contribution in [1.29, 1.82) is 0 Å². The van der Waals surface area contributed by atoms with Gasteiger partial charge in [-0.3, -0.25) is 9.63 Å². The normalized spacial score (nSPS) is 12.5. The fraction of sp³-hybridized carbons (Fsp3) is 0.812. The highest BCUT2D eigenvalue weighted by Gasteiger charge is 2.26. The molecule has 0 spiro atoms. The Morgan fingerprint density at radius 2 is 1.75 bits per heavy atom. The predicted molar refractivity (Wildman–Crippen MR) is 88.0 cm³/mol. The van der Waals surface area contributed by atoms with Crippen LogP contribution in [-0.4, -0.2) is 55.4 Å². The van der Waals surface area contributed by atoms with Crippen LogP contribution in [0.1, 0.15) is 47.5 Å². The first kappa shape index (κ1) is 22.2. The largest absolute Gasteiger partial charge is 0.464 e. The van der Waals surface area contributed by atoms with Gasteiger partial charge in [0.2, 0.25) is 5.91 Å².